The van der Waals surface area contributed by atoms with Crippen molar-refractivity contribution in [2.24, 2.45) is 5.73 Å². The molecule has 2 heterocycles. The number of aromatic nitrogens is 2. The van der Waals surface area contributed by atoms with E-state index in [1.807, 2.05) is 42.5 Å². The maximum Gasteiger partial charge on any atom is 0.248 e. The quantitative estimate of drug-likeness (QED) is 0.693. The monoisotopic (exact) mass is 334 g/mol. The number of benzene rings is 1. The van der Waals surface area contributed by atoms with Crippen molar-refractivity contribution in [2.45, 2.75) is 13.2 Å². The van der Waals surface area contributed by atoms with Crippen LogP contribution in [0.5, 0.6) is 5.75 Å². The lowest BCUT2D eigenvalue weighted by atomic mass is 10.2. The molecule has 0 spiro atoms. The number of hydrogen-bond acceptors (Lipinski definition) is 5. The van der Waals surface area contributed by atoms with E-state index in [4.69, 9.17) is 10.5 Å². The van der Waals surface area contributed by atoms with E-state index in [1.165, 1.54) is 0 Å². The molecule has 3 aromatic rings. The summed E-state index contributed by atoms with van der Waals surface area (Å²) in [5, 5.41) is 3.17. The molecule has 126 valence electrons. The number of nitrogens with zero attached hydrogens (tertiary/aromatic N) is 2. The number of nitrogens with two attached hydrogens (primary N) is 1. The van der Waals surface area contributed by atoms with E-state index < -0.39 is 5.91 Å². The standard InChI is InChI=1S/C19H18N4O2/c20-19(24)15-7-9-22-18(11-15)23-12-14-4-3-6-17(10-14)25-13-16-5-1-2-8-21-16/h1-11H,12-13H2,(H2,20,24)(H,22,23). The minimum atomic E-state index is -0.477. The number of amides is 1. The first kappa shape index (κ1) is 16.4. The molecule has 0 saturated carbocycles. The van der Waals surface area contributed by atoms with Gasteiger partial charge in [-0.3, -0.25) is 9.78 Å². The first-order chi connectivity index (χ1) is 12.2. The first-order valence-corrected chi connectivity index (χ1v) is 7.82. The molecule has 0 radical (unpaired) electrons. The van der Waals surface area contributed by atoms with E-state index in [1.54, 1.807) is 24.5 Å². The van der Waals surface area contributed by atoms with E-state index in [0.29, 0.717) is 24.5 Å². The van der Waals surface area contributed by atoms with Gasteiger partial charge < -0.3 is 15.8 Å². The number of rotatable bonds is 7. The molecule has 1 amide bonds. The van der Waals surface area contributed by atoms with E-state index >= 15 is 0 Å². The van der Waals surface area contributed by atoms with Crippen LogP contribution in [0.1, 0.15) is 21.6 Å². The second-order valence-electron chi connectivity index (χ2n) is 5.40. The van der Waals surface area contributed by atoms with Gasteiger partial charge in [0.2, 0.25) is 5.91 Å². The van der Waals surface area contributed by atoms with E-state index in [-0.39, 0.29) is 0 Å². The van der Waals surface area contributed by atoms with Crippen molar-refractivity contribution in [3.63, 3.8) is 0 Å². The number of anilines is 1. The summed E-state index contributed by atoms with van der Waals surface area (Å²) in [5.41, 5.74) is 7.60. The molecule has 3 N–H and O–H groups in total. The maximum atomic E-state index is 11.2. The predicted octanol–water partition coefficient (Wildman–Crippen LogP) is 2.77. The summed E-state index contributed by atoms with van der Waals surface area (Å²) in [7, 11) is 0. The summed E-state index contributed by atoms with van der Waals surface area (Å²) >= 11 is 0. The Morgan fingerprint density at radius 1 is 1.04 bits per heavy atom. The lowest BCUT2D eigenvalue weighted by Gasteiger charge is -2.09. The summed E-state index contributed by atoms with van der Waals surface area (Å²) < 4.78 is 5.77. The Morgan fingerprint density at radius 3 is 2.76 bits per heavy atom. The number of carbonyl (C=O) groups is 1. The van der Waals surface area contributed by atoms with Crippen LogP contribution in [0.2, 0.25) is 0 Å². The molecule has 25 heavy (non-hydrogen) atoms. The molecule has 0 aliphatic carbocycles. The zero-order valence-electron chi connectivity index (χ0n) is 13.6. The Labute approximate surface area is 145 Å². The number of ether oxygens (including phenoxy) is 1. The maximum absolute atomic E-state index is 11.2. The smallest absolute Gasteiger partial charge is 0.248 e. The Bertz CT molecular complexity index is 853. The fourth-order valence-electron chi connectivity index (χ4n) is 2.26. The molecule has 6 nitrogen and oxygen atoms in total. The summed E-state index contributed by atoms with van der Waals surface area (Å²) in [6, 6.07) is 16.7. The molecule has 0 saturated heterocycles. The molecule has 3 rings (SSSR count). The van der Waals surface area contributed by atoms with Crippen molar-refractivity contribution in [2.75, 3.05) is 5.32 Å². The molecule has 1 aromatic carbocycles. The molecule has 0 fully saturated rings. The highest BCUT2D eigenvalue weighted by molar-refractivity contribution is 5.93. The van der Waals surface area contributed by atoms with Crippen LogP contribution in [0.4, 0.5) is 5.82 Å². The number of hydrogen-bond donors (Lipinski definition) is 2. The van der Waals surface area contributed by atoms with Crippen molar-refractivity contribution in [1.82, 2.24) is 9.97 Å². The molecule has 0 aliphatic heterocycles. The first-order valence-electron chi connectivity index (χ1n) is 7.82. The van der Waals surface area contributed by atoms with Gasteiger partial charge in [-0.2, -0.15) is 0 Å². The van der Waals surface area contributed by atoms with Crippen molar-refractivity contribution in [3.8, 4) is 5.75 Å². The van der Waals surface area contributed by atoms with Crippen LogP contribution in [0.25, 0.3) is 0 Å². The molecule has 6 heteroatoms. The lowest BCUT2D eigenvalue weighted by Crippen LogP contribution is -2.12. The summed E-state index contributed by atoms with van der Waals surface area (Å²) in [4.78, 5) is 19.6. The Hall–Kier alpha value is -3.41. The fraction of sp³-hybridized carbons (Fsp3) is 0.105. The summed E-state index contributed by atoms with van der Waals surface area (Å²) in [5.74, 6) is 0.885. The van der Waals surface area contributed by atoms with Crippen LogP contribution in [-0.4, -0.2) is 15.9 Å². The molecular formula is C19H18N4O2. The zero-order valence-corrected chi connectivity index (χ0v) is 13.6. The highest BCUT2D eigenvalue weighted by Crippen LogP contribution is 2.16. The number of pyridine rings is 2. The SMILES string of the molecule is NC(=O)c1ccnc(NCc2cccc(OCc3ccccn3)c2)c1. The van der Waals surface area contributed by atoms with Gasteiger partial charge in [-0.15, -0.1) is 0 Å². The third-order valence-electron chi connectivity index (χ3n) is 3.53. The minimum absolute atomic E-state index is 0.417. The predicted molar refractivity (Wildman–Crippen MR) is 95.1 cm³/mol. The van der Waals surface area contributed by atoms with E-state index in [0.717, 1.165) is 17.0 Å². The molecule has 0 bridgehead atoms. The van der Waals surface area contributed by atoms with Crippen LogP contribution < -0.4 is 15.8 Å². The van der Waals surface area contributed by atoms with Crippen molar-refractivity contribution in [1.29, 1.82) is 0 Å². The molecule has 0 unspecified atom stereocenters. The van der Waals surface area contributed by atoms with Crippen LogP contribution in [0.15, 0.2) is 67.0 Å². The number of nitrogens with one attached hydrogen (secondary N) is 1. The van der Waals surface area contributed by atoms with Gasteiger partial charge in [-0.1, -0.05) is 18.2 Å². The molecule has 2 aromatic heterocycles. The van der Waals surface area contributed by atoms with Crippen LogP contribution in [0.3, 0.4) is 0 Å². The third kappa shape index (κ3) is 4.78. The highest BCUT2D eigenvalue weighted by Gasteiger charge is 2.03. The average Bonchev–Trinajstić information content (AvgIpc) is 2.66. The average molecular weight is 334 g/mol. The van der Waals surface area contributed by atoms with Gasteiger partial charge in [0.25, 0.3) is 0 Å². The van der Waals surface area contributed by atoms with Gasteiger partial charge in [0.15, 0.2) is 0 Å². The largest absolute Gasteiger partial charge is 0.487 e. The topological polar surface area (TPSA) is 90.1 Å². The van der Waals surface area contributed by atoms with Crippen molar-refractivity contribution < 1.29 is 9.53 Å². The second-order valence-corrected chi connectivity index (χ2v) is 5.40. The Balaban J connectivity index is 1.60. The minimum Gasteiger partial charge on any atom is -0.487 e. The van der Waals surface area contributed by atoms with Gasteiger partial charge in [-0.05, 0) is 42.0 Å². The van der Waals surface area contributed by atoms with Gasteiger partial charge in [-0.25, -0.2) is 4.98 Å². The van der Waals surface area contributed by atoms with Gasteiger partial charge in [0.05, 0.1) is 5.69 Å². The summed E-state index contributed by atoms with van der Waals surface area (Å²) in [6.07, 6.45) is 3.29. The van der Waals surface area contributed by atoms with E-state index in [9.17, 15) is 4.79 Å². The Morgan fingerprint density at radius 2 is 1.96 bits per heavy atom. The zero-order chi connectivity index (χ0) is 17.5. The van der Waals surface area contributed by atoms with Crippen LogP contribution in [0, 0.1) is 0 Å². The van der Waals surface area contributed by atoms with Crippen molar-refractivity contribution in [3.05, 3.63) is 83.8 Å². The summed E-state index contributed by atoms with van der Waals surface area (Å²) in [6.45, 7) is 0.968. The van der Waals surface area contributed by atoms with Crippen LogP contribution >= 0.6 is 0 Å². The number of carbonyl (C=O) groups excluding carboxylic acids is 1. The molecule has 0 aliphatic rings. The number of primary amides is 1. The third-order valence-corrected chi connectivity index (χ3v) is 3.53. The normalized spacial score (nSPS) is 10.2. The van der Waals surface area contributed by atoms with Gasteiger partial charge in [0.1, 0.15) is 18.2 Å². The lowest BCUT2D eigenvalue weighted by molar-refractivity contribution is 0.1000. The molecular weight excluding hydrogens is 316 g/mol. The fourth-order valence-corrected chi connectivity index (χ4v) is 2.26. The highest BCUT2D eigenvalue weighted by atomic mass is 16.5. The van der Waals surface area contributed by atoms with Crippen molar-refractivity contribution >= 4 is 11.7 Å². The Kier molecular flexibility index (Phi) is 5.21. The second kappa shape index (κ2) is 7.92. The van der Waals surface area contributed by atoms with Gasteiger partial charge in [0, 0.05) is 24.5 Å². The molecule has 0 atom stereocenters. The van der Waals surface area contributed by atoms with Crippen LogP contribution in [-0.2, 0) is 13.2 Å². The van der Waals surface area contributed by atoms with Gasteiger partial charge >= 0.3 is 0 Å². The van der Waals surface area contributed by atoms with E-state index in [2.05, 4.69) is 15.3 Å².